The van der Waals surface area contributed by atoms with E-state index in [9.17, 15) is 14.5 Å². The molecule has 6 nitrogen and oxygen atoms in total. The molecular weight excluding hydrogens is 450 g/mol. The van der Waals surface area contributed by atoms with Gasteiger partial charge < -0.3 is 11.1 Å². The lowest BCUT2D eigenvalue weighted by atomic mass is 9.33. The van der Waals surface area contributed by atoms with Gasteiger partial charge in [0.15, 0.2) is 5.78 Å². The van der Waals surface area contributed by atoms with Crippen LogP contribution in [0, 0.1) is 49.7 Å². The molecule has 0 spiro atoms. The van der Waals surface area contributed by atoms with Crippen LogP contribution in [-0.2, 0) is 4.79 Å². The largest absolute Gasteiger partial charge is 0.352 e. The van der Waals surface area contributed by atoms with Crippen molar-refractivity contribution in [1.82, 2.24) is 5.32 Å². The molecule has 9 atom stereocenters. The molecule has 4 fully saturated rings. The first-order chi connectivity index (χ1) is 16.6. The van der Waals surface area contributed by atoms with Gasteiger partial charge in [-0.3, -0.25) is 4.79 Å². The average Bonchev–Trinajstić information content (AvgIpc) is 2.75. The van der Waals surface area contributed by atoms with E-state index < -0.39 is 6.03 Å². The minimum Gasteiger partial charge on any atom is -0.352 e. The van der Waals surface area contributed by atoms with E-state index >= 15 is 0 Å². The molecule has 0 bridgehead atoms. The number of nitrogens with two attached hydrogens (primary N) is 1. The summed E-state index contributed by atoms with van der Waals surface area (Å²) in [5.74, 6) is 0.839. The zero-order valence-corrected chi connectivity index (χ0v) is 23.5. The van der Waals surface area contributed by atoms with E-state index in [2.05, 4.69) is 65.0 Å². The van der Waals surface area contributed by atoms with Crippen molar-refractivity contribution in [3.05, 3.63) is 16.6 Å². The van der Waals surface area contributed by atoms with Gasteiger partial charge in [0.2, 0.25) is 0 Å². The summed E-state index contributed by atoms with van der Waals surface area (Å²) < 4.78 is 0. The van der Waals surface area contributed by atoms with Crippen LogP contribution in [0.1, 0.15) is 106 Å². The van der Waals surface area contributed by atoms with Gasteiger partial charge in [0.25, 0.3) is 0 Å². The summed E-state index contributed by atoms with van der Waals surface area (Å²) in [5.41, 5.74) is 6.20. The first-order valence-electron chi connectivity index (χ1n) is 14.2. The van der Waals surface area contributed by atoms with Crippen molar-refractivity contribution >= 4 is 11.8 Å². The lowest BCUT2D eigenvalue weighted by Gasteiger charge is -2.70. The Kier molecular flexibility index (Phi) is 5.51. The standard InChI is InChI=1S/C30H47N3O3/c1-25(2)21-8-11-30(7)23(28(21,5)10-9-22(25)33-36)20(34)16-18-19-17-27(4,32-24(31)35)14-12-26(19,3)13-15-29(18,30)6/h16,19,21-23H,8-15,17H2,1-7H3,(H3,31,32,35)/t19-,21?,22?,23?,26+,27+,28-,29+,30+/m0/s1. The molecule has 0 saturated heterocycles. The van der Waals surface area contributed by atoms with Gasteiger partial charge in [-0.15, -0.1) is 0 Å². The highest BCUT2D eigenvalue weighted by Crippen LogP contribution is 2.74. The Bertz CT molecular complexity index is 1040. The summed E-state index contributed by atoms with van der Waals surface area (Å²) in [7, 11) is 0. The first kappa shape index (κ1) is 25.9. The number of nitroso groups, excluding NO2 is 1. The summed E-state index contributed by atoms with van der Waals surface area (Å²) in [6.07, 6.45) is 10.8. The highest BCUT2D eigenvalue weighted by Gasteiger charge is 2.70. The second-order valence-electron chi connectivity index (χ2n) is 15.2. The van der Waals surface area contributed by atoms with Crippen LogP contribution in [0.25, 0.3) is 0 Å². The van der Waals surface area contributed by atoms with Gasteiger partial charge in [-0.25, -0.2) is 4.79 Å². The quantitative estimate of drug-likeness (QED) is 0.424. The van der Waals surface area contributed by atoms with E-state index in [0.29, 0.717) is 11.7 Å². The van der Waals surface area contributed by atoms with E-state index in [0.717, 1.165) is 57.8 Å². The summed E-state index contributed by atoms with van der Waals surface area (Å²) in [6.45, 7) is 16.1. The van der Waals surface area contributed by atoms with Crippen molar-refractivity contribution in [2.45, 2.75) is 118 Å². The summed E-state index contributed by atoms with van der Waals surface area (Å²) >= 11 is 0. The van der Waals surface area contributed by atoms with Crippen LogP contribution in [0.3, 0.4) is 0 Å². The second kappa shape index (κ2) is 7.66. The lowest BCUT2D eigenvalue weighted by molar-refractivity contribution is -0.186. The molecule has 0 heterocycles. The third kappa shape index (κ3) is 3.20. The Hall–Kier alpha value is -1.72. The molecule has 5 aliphatic rings. The summed E-state index contributed by atoms with van der Waals surface area (Å²) in [4.78, 5) is 37.9. The maximum Gasteiger partial charge on any atom is 0.312 e. The molecule has 3 unspecified atom stereocenters. The molecule has 0 aliphatic heterocycles. The van der Waals surface area contributed by atoms with Crippen LogP contribution in [0.15, 0.2) is 16.8 Å². The number of primary amides is 1. The first-order valence-corrected chi connectivity index (χ1v) is 14.2. The molecule has 200 valence electrons. The minimum atomic E-state index is -0.463. The van der Waals surface area contributed by atoms with Gasteiger partial charge in [-0.1, -0.05) is 52.3 Å². The number of carbonyl (C=O) groups is 2. The number of nitrogens with zero attached hydrogens (tertiary/aromatic N) is 1. The smallest absolute Gasteiger partial charge is 0.312 e. The molecule has 4 saturated carbocycles. The normalized spacial score (nSPS) is 51.5. The Morgan fingerprint density at radius 2 is 1.64 bits per heavy atom. The van der Waals surface area contributed by atoms with Gasteiger partial charge >= 0.3 is 6.03 Å². The second-order valence-corrected chi connectivity index (χ2v) is 15.2. The fourth-order valence-electron chi connectivity index (χ4n) is 10.8. The van der Waals surface area contributed by atoms with Gasteiger partial charge in [0.05, 0.1) is 6.04 Å². The molecule has 3 N–H and O–H groups in total. The molecule has 5 rings (SSSR count). The van der Waals surface area contributed by atoms with Crippen molar-refractivity contribution in [3.8, 4) is 0 Å². The lowest BCUT2D eigenvalue weighted by Crippen LogP contribution is -2.67. The molecule has 0 aromatic heterocycles. The Labute approximate surface area is 217 Å². The van der Waals surface area contributed by atoms with E-state index in [1.54, 1.807) is 0 Å². The van der Waals surface area contributed by atoms with Crippen molar-refractivity contribution in [2.75, 3.05) is 0 Å². The third-order valence-electron chi connectivity index (χ3n) is 13.1. The zero-order chi connectivity index (χ0) is 26.5. The highest BCUT2D eigenvalue weighted by molar-refractivity contribution is 5.95. The van der Waals surface area contributed by atoms with Gasteiger partial charge in [0.1, 0.15) is 0 Å². The van der Waals surface area contributed by atoms with Crippen LogP contribution in [0.4, 0.5) is 4.79 Å². The molecule has 2 amide bonds. The molecule has 36 heavy (non-hydrogen) atoms. The molecule has 6 heteroatoms. The molecule has 5 aliphatic carbocycles. The van der Waals surface area contributed by atoms with Crippen LogP contribution >= 0.6 is 0 Å². The van der Waals surface area contributed by atoms with Crippen LogP contribution in [0.5, 0.6) is 0 Å². The van der Waals surface area contributed by atoms with Crippen molar-refractivity contribution < 1.29 is 9.59 Å². The number of fused-ring (bicyclic) bond motifs is 7. The molecule has 0 aromatic carbocycles. The number of hydrogen-bond donors (Lipinski definition) is 2. The number of hydrogen-bond acceptors (Lipinski definition) is 4. The minimum absolute atomic E-state index is 0.0348. The number of carbonyl (C=O) groups excluding carboxylic acids is 2. The third-order valence-corrected chi connectivity index (χ3v) is 13.1. The van der Waals surface area contributed by atoms with Gasteiger partial charge in [-0.2, -0.15) is 4.91 Å². The fourth-order valence-corrected chi connectivity index (χ4v) is 10.8. The topological polar surface area (TPSA) is 102 Å². The number of urea groups is 1. The molecule has 0 radical (unpaired) electrons. The van der Waals surface area contributed by atoms with Crippen LogP contribution in [0.2, 0.25) is 0 Å². The number of nitrogens with one attached hydrogen (secondary N) is 1. The Balaban J connectivity index is 1.59. The zero-order valence-electron chi connectivity index (χ0n) is 23.5. The van der Waals surface area contributed by atoms with E-state index in [1.165, 1.54) is 5.57 Å². The van der Waals surface area contributed by atoms with Gasteiger partial charge in [0, 0.05) is 11.5 Å². The van der Waals surface area contributed by atoms with Crippen LogP contribution in [-0.4, -0.2) is 23.4 Å². The predicted octanol–water partition coefficient (Wildman–Crippen LogP) is 6.52. The number of allylic oxidation sites excluding steroid dienone is 2. The fraction of sp³-hybridized carbons (Fsp3) is 0.867. The number of amides is 2. The number of rotatable bonds is 2. The summed E-state index contributed by atoms with van der Waals surface area (Å²) in [6, 6.07) is -0.636. The highest BCUT2D eigenvalue weighted by atomic mass is 16.3. The maximum atomic E-state index is 14.3. The summed E-state index contributed by atoms with van der Waals surface area (Å²) in [5, 5.41) is 6.59. The van der Waals surface area contributed by atoms with E-state index in [-0.39, 0.29) is 50.5 Å². The SMILES string of the molecule is CC1(C)C(N=O)CC[C@@]2(C)C1CC[C@]1(C)C2C(=O)C=C2[C@@H]3C[C@](C)(NC(N)=O)CC[C@]3(C)CC[C@]21C. The molecule has 0 aromatic rings. The number of ketones is 1. The van der Waals surface area contributed by atoms with Crippen molar-refractivity contribution in [1.29, 1.82) is 0 Å². The maximum absolute atomic E-state index is 14.3. The van der Waals surface area contributed by atoms with Crippen LogP contribution < -0.4 is 11.1 Å². The Morgan fingerprint density at radius 1 is 0.972 bits per heavy atom. The van der Waals surface area contributed by atoms with Crippen molar-refractivity contribution in [3.63, 3.8) is 0 Å². The Morgan fingerprint density at radius 3 is 2.28 bits per heavy atom. The van der Waals surface area contributed by atoms with E-state index in [1.807, 2.05) is 0 Å². The predicted molar refractivity (Wildman–Crippen MR) is 142 cm³/mol. The molecular formula is C30H47N3O3. The van der Waals surface area contributed by atoms with E-state index in [4.69, 9.17) is 5.73 Å². The van der Waals surface area contributed by atoms with Gasteiger partial charge in [-0.05, 0) is 110 Å². The monoisotopic (exact) mass is 497 g/mol. The average molecular weight is 498 g/mol. The van der Waals surface area contributed by atoms with Crippen molar-refractivity contribution in [2.24, 2.45) is 55.7 Å².